The maximum absolute atomic E-state index is 11.8. The highest BCUT2D eigenvalue weighted by Gasteiger charge is 2.06. The molecule has 3 nitrogen and oxygen atoms in total. The van der Waals surface area contributed by atoms with Crippen LogP contribution in [0.25, 0.3) is 11.1 Å². The van der Waals surface area contributed by atoms with E-state index in [9.17, 15) is 4.79 Å². The van der Waals surface area contributed by atoms with Gasteiger partial charge < -0.3 is 10.5 Å². The van der Waals surface area contributed by atoms with Crippen molar-refractivity contribution in [3.8, 4) is 11.1 Å². The number of carbonyl (C=O) groups is 1. The van der Waals surface area contributed by atoms with Gasteiger partial charge in [-0.15, -0.1) is 0 Å². The van der Waals surface area contributed by atoms with E-state index in [1.54, 1.807) is 0 Å². The molecule has 3 heteroatoms. The average Bonchev–Trinajstić information content (AvgIpc) is 2.71. The maximum atomic E-state index is 11.8. The highest BCUT2D eigenvalue weighted by Crippen LogP contribution is 2.27. The lowest BCUT2D eigenvalue weighted by Crippen LogP contribution is -2.04. The molecule has 3 aromatic rings. The summed E-state index contributed by atoms with van der Waals surface area (Å²) in [6, 6.07) is 26.1. The van der Waals surface area contributed by atoms with E-state index in [0.717, 1.165) is 41.6 Å². The van der Waals surface area contributed by atoms with Crippen molar-refractivity contribution in [2.75, 3.05) is 5.73 Å². The van der Waals surface area contributed by atoms with Gasteiger partial charge in [0, 0.05) is 17.7 Å². The van der Waals surface area contributed by atoms with Crippen LogP contribution in [0.1, 0.15) is 30.4 Å². The number of benzene rings is 3. The standard InChI is InChI=1S/C24H25NO2/c25-23-17-19(15-16-22(23)21-12-5-2-6-13-21)9-7-8-14-24(26)27-18-20-10-3-1-4-11-20/h1-6,10-13,15-17H,7-9,14,18,25H2. The average molecular weight is 359 g/mol. The molecule has 0 saturated carbocycles. The third kappa shape index (κ3) is 5.71. The number of nitrogen functional groups attached to an aromatic ring is 1. The Kier molecular flexibility index (Phi) is 6.64. The van der Waals surface area contributed by atoms with E-state index in [0.29, 0.717) is 13.0 Å². The Morgan fingerprint density at radius 3 is 2.22 bits per heavy atom. The van der Waals surface area contributed by atoms with Crippen molar-refractivity contribution in [3.05, 3.63) is 90.0 Å². The highest BCUT2D eigenvalue weighted by molar-refractivity contribution is 5.76. The number of aryl methyl sites for hydroxylation is 1. The zero-order chi connectivity index (χ0) is 18.9. The van der Waals surface area contributed by atoms with E-state index in [2.05, 4.69) is 24.3 Å². The molecule has 0 radical (unpaired) electrons. The minimum Gasteiger partial charge on any atom is -0.461 e. The van der Waals surface area contributed by atoms with E-state index in [1.807, 2.05) is 54.6 Å². The van der Waals surface area contributed by atoms with Gasteiger partial charge in [0.2, 0.25) is 0 Å². The van der Waals surface area contributed by atoms with Crippen LogP contribution < -0.4 is 5.73 Å². The van der Waals surface area contributed by atoms with Crippen molar-refractivity contribution in [3.63, 3.8) is 0 Å². The smallest absolute Gasteiger partial charge is 0.306 e. The molecule has 0 heterocycles. The van der Waals surface area contributed by atoms with Gasteiger partial charge in [0.1, 0.15) is 6.61 Å². The Bertz CT molecular complexity index is 860. The van der Waals surface area contributed by atoms with E-state index in [1.165, 1.54) is 5.56 Å². The molecule has 0 atom stereocenters. The van der Waals surface area contributed by atoms with Gasteiger partial charge in [0.15, 0.2) is 0 Å². The second kappa shape index (κ2) is 9.58. The molecule has 0 spiro atoms. The molecule has 2 N–H and O–H groups in total. The lowest BCUT2D eigenvalue weighted by molar-refractivity contribution is -0.145. The fourth-order valence-corrected chi connectivity index (χ4v) is 3.06. The van der Waals surface area contributed by atoms with Gasteiger partial charge >= 0.3 is 5.97 Å². The summed E-state index contributed by atoms with van der Waals surface area (Å²) in [4.78, 5) is 11.8. The number of hydrogen-bond acceptors (Lipinski definition) is 3. The molecular weight excluding hydrogens is 334 g/mol. The number of nitrogens with two attached hydrogens (primary N) is 1. The summed E-state index contributed by atoms with van der Waals surface area (Å²) >= 11 is 0. The topological polar surface area (TPSA) is 52.3 Å². The van der Waals surface area contributed by atoms with Crippen LogP contribution in [0.3, 0.4) is 0 Å². The Balaban J connectivity index is 1.41. The molecule has 0 unspecified atom stereocenters. The first kappa shape index (κ1) is 18.7. The summed E-state index contributed by atoms with van der Waals surface area (Å²) in [6.45, 7) is 0.344. The Hall–Kier alpha value is -3.07. The number of hydrogen-bond donors (Lipinski definition) is 1. The van der Waals surface area contributed by atoms with Gasteiger partial charge in [0.25, 0.3) is 0 Å². The predicted octanol–water partition coefficient (Wildman–Crippen LogP) is 5.39. The van der Waals surface area contributed by atoms with E-state index < -0.39 is 0 Å². The first-order valence-electron chi connectivity index (χ1n) is 9.36. The highest BCUT2D eigenvalue weighted by atomic mass is 16.5. The van der Waals surface area contributed by atoms with Crippen molar-refractivity contribution in [2.45, 2.75) is 32.3 Å². The number of carbonyl (C=O) groups excluding carboxylic acids is 1. The van der Waals surface area contributed by atoms with Crippen LogP contribution in [0.4, 0.5) is 5.69 Å². The van der Waals surface area contributed by atoms with Crippen molar-refractivity contribution >= 4 is 11.7 Å². The Morgan fingerprint density at radius 2 is 1.52 bits per heavy atom. The minimum absolute atomic E-state index is 0.141. The molecule has 3 rings (SSSR count). The van der Waals surface area contributed by atoms with Crippen LogP contribution >= 0.6 is 0 Å². The lowest BCUT2D eigenvalue weighted by Gasteiger charge is -2.09. The fraction of sp³-hybridized carbons (Fsp3) is 0.208. The summed E-state index contributed by atoms with van der Waals surface area (Å²) in [5, 5.41) is 0. The quantitative estimate of drug-likeness (QED) is 0.333. The summed E-state index contributed by atoms with van der Waals surface area (Å²) in [7, 11) is 0. The van der Waals surface area contributed by atoms with Crippen molar-refractivity contribution in [2.24, 2.45) is 0 Å². The van der Waals surface area contributed by atoms with Crippen LogP contribution in [0.2, 0.25) is 0 Å². The SMILES string of the molecule is Nc1cc(CCCCC(=O)OCc2ccccc2)ccc1-c1ccccc1. The zero-order valence-electron chi connectivity index (χ0n) is 15.4. The minimum atomic E-state index is -0.141. The summed E-state index contributed by atoms with van der Waals surface area (Å²) in [6.07, 6.45) is 3.11. The van der Waals surface area contributed by atoms with Crippen LogP contribution in [0.5, 0.6) is 0 Å². The van der Waals surface area contributed by atoms with Crippen molar-refractivity contribution in [1.82, 2.24) is 0 Å². The van der Waals surface area contributed by atoms with Gasteiger partial charge in [-0.2, -0.15) is 0 Å². The summed E-state index contributed by atoms with van der Waals surface area (Å²) in [5.41, 5.74) is 11.4. The molecule has 138 valence electrons. The molecular formula is C24H25NO2. The molecule has 0 aliphatic carbocycles. The molecule has 0 saturated heterocycles. The van der Waals surface area contributed by atoms with Crippen LogP contribution in [0, 0.1) is 0 Å². The lowest BCUT2D eigenvalue weighted by atomic mass is 9.99. The normalized spacial score (nSPS) is 10.5. The predicted molar refractivity (Wildman–Crippen MR) is 110 cm³/mol. The maximum Gasteiger partial charge on any atom is 0.306 e. The van der Waals surface area contributed by atoms with Crippen LogP contribution in [-0.2, 0) is 22.6 Å². The zero-order valence-corrected chi connectivity index (χ0v) is 15.4. The second-order valence-electron chi connectivity index (χ2n) is 6.64. The number of ether oxygens (including phenoxy) is 1. The molecule has 0 aromatic heterocycles. The number of anilines is 1. The molecule has 0 amide bonds. The van der Waals surface area contributed by atoms with Crippen molar-refractivity contribution < 1.29 is 9.53 Å². The molecule has 3 aromatic carbocycles. The Morgan fingerprint density at radius 1 is 0.815 bits per heavy atom. The van der Waals surface area contributed by atoms with Crippen LogP contribution in [0.15, 0.2) is 78.9 Å². The summed E-state index contributed by atoms with van der Waals surface area (Å²) in [5.74, 6) is -0.141. The van der Waals surface area contributed by atoms with Gasteiger partial charge in [-0.1, -0.05) is 72.8 Å². The van der Waals surface area contributed by atoms with Crippen LogP contribution in [-0.4, -0.2) is 5.97 Å². The second-order valence-corrected chi connectivity index (χ2v) is 6.64. The third-order valence-electron chi connectivity index (χ3n) is 4.54. The monoisotopic (exact) mass is 359 g/mol. The van der Waals surface area contributed by atoms with Gasteiger partial charge in [0.05, 0.1) is 0 Å². The largest absolute Gasteiger partial charge is 0.461 e. The fourth-order valence-electron chi connectivity index (χ4n) is 3.06. The van der Waals surface area contributed by atoms with E-state index >= 15 is 0 Å². The third-order valence-corrected chi connectivity index (χ3v) is 4.54. The number of esters is 1. The number of rotatable bonds is 8. The first-order chi connectivity index (χ1) is 13.2. The molecule has 0 bridgehead atoms. The molecule has 0 fully saturated rings. The van der Waals surface area contributed by atoms with Gasteiger partial charge in [-0.3, -0.25) is 4.79 Å². The first-order valence-corrected chi connectivity index (χ1v) is 9.36. The van der Waals surface area contributed by atoms with E-state index in [4.69, 9.17) is 10.5 Å². The molecule has 27 heavy (non-hydrogen) atoms. The van der Waals surface area contributed by atoms with Gasteiger partial charge in [-0.05, 0) is 42.0 Å². The number of unbranched alkanes of at least 4 members (excludes halogenated alkanes) is 1. The molecule has 0 aliphatic heterocycles. The molecule has 0 aliphatic rings. The van der Waals surface area contributed by atoms with Gasteiger partial charge in [-0.25, -0.2) is 0 Å². The van der Waals surface area contributed by atoms with Crippen molar-refractivity contribution in [1.29, 1.82) is 0 Å². The Labute approximate surface area is 160 Å². The summed E-state index contributed by atoms with van der Waals surface area (Å²) < 4.78 is 5.31. The van der Waals surface area contributed by atoms with E-state index in [-0.39, 0.29) is 5.97 Å².